The summed E-state index contributed by atoms with van der Waals surface area (Å²) in [7, 11) is 1.69. The molecule has 86 valence electrons. The van der Waals surface area contributed by atoms with Crippen LogP contribution in [0.25, 0.3) is 10.2 Å². The summed E-state index contributed by atoms with van der Waals surface area (Å²) in [6.45, 7) is 6.68. The van der Waals surface area contributed by atoms with Gasteiger partial charge in [0.25, 0.3) is 0 Å². The van der Waals surface area contributed by atoms with E-state index in [1.165, 1.54) is 9.71 Å². The highest BCUT2D eigenvalue weighted by Gasteiger charge is 2.22. The van der Waals surface area contributed by atoms with Crippen LogP contribution in [0, 0.1) is 0 Å². The van der Waals surface area contributed by atoms with Gasteiger partial charge in [-0.05, 0) is 24.6 Å². The third kappa shape index (κ3) is 1.92. The number of hydrogen-bond acceptors (Lipinski definition) is 3. The Morgan fingerprint density at radius 1 is 1.38 bits per heavy atom. The minimum atomic E-state index is 0.164. The SMILES string of the molecule is CCC(C)(C)c1nc2ccc(OC)cc2s1. The van der Waals surface area contributed by atoms with Gasteiger partial charge in [0.15, 0.2) is 0 Å². The second-order valence-electron chi connectivity index (χ2n) is 4.59. The van der Waals surface area contributed by atoms with Crippen molar-refractivity contribution in [1.29, 1.82) is 0 Å². The standard InChI is InChI=1S/C13H17NOS/c1-5-13(2,3)12-14-10-7-6-9(15-4)8-11(10)16-12/h6-8H,5H2,1-4H3. The highest BCUT2D eigenvalue weighted by Crippen LogP contribution is 2.34. The molecule has 0 fully saturated rings. The maximum atomic E-state index is 5.22. The average Bonchev–Trinajstić information content (AvgIpc) is 2.72. The number of aromatic nitrogens is 1. The van der Waals surface area contributed by atoms with E-state index < -0.39 is 0 Å². The van der Waals surface area contributed by atoms with Crippen molar-refractivity contribution < 1.29 is 4.74 Å². The van der Waals surface area contributed by atoms with Crippen molar-refractivity contribution in [2.24, 2.45) is 0 Å². The molecule has 0 aliphatic rings. The van der Waals surface area contributed by atoms with Gasteiger partial charge < -0.3 is 4.74 Å². The van der Waals surface area contributed by atoms with Gasteiger partial charge in [-0.25, -0.2) is 4.98 Å². The van der Waals surface area contributed by atoms with E-state index in [0.717, 1.165) is 17.7 Å². The predicted octanol–water partition coefficient (Wildman–Crippen LogP) is 3.99. The molecule has 1 heterocycles. The summed E-state index contributed by atoms with van der Waals surface area (Å²) >= 11 is 1.77. The summed E-state index contributed by atoms with van der Waals surface area (Å²) in [5, 5.41) is 1.21. The summed E-state index contributed by atoms with van der Waals surface area (Å²) < 4.78 is 6.43. The number of ether oxygens (including phenoxy) is 1. The predicted molar refractivity (Wildman–Crippen MR) is 69.5 cm³/mol. The molecule has 0 N–H and O–H groups in total. The van der Waals surface area contributed by atoms with E-state index in [2.05, 4.69) is 26.8 Å². The maximum absolute atomic E-state index is 5.22. The number of hydrogen-bond donors (Lipinski definition) is 0. The van der Waals surface area contributed by atoms with Gasteiger partial charge in [-0.1, -0.05) is 20.8 Å². The van der Waals surface area contributed by atoms with E-state index in [9.17, 15) is 0 Å². The molecule has 0 amide bonds. The first-order valence-corrected chi connectivity index (χ1v) is 6.33. The Balaban J connectivity index is 2.52. The van der Waals surface area contributed by atoms with Crippen molar-refractivity contribution in [3.63, 3.8) is 0 Å². The molecule has 0 radical (unpaired) electrons. The van der Waals surface area contributed by atoms with E-state index in [-0.39, 0.29) is 5.41 Å². The Hall–Kier alpha value is -1.09. The summed E-state index contributed by atoms with van der Waals surface area (Å²) in [6.07, 6.45) is 1.10. The lowest BCUT2D eigenvalue weighted by atomic mass is 9.91. The fraction of sp³-hybridized carbons (Fsp3) is 0.462. The van der Waals surface area contributed by atoms with Crippen LogP contribution in [0.4, 0.5) is 0 Å². The molecule has 0 spiro atoms. The number of methoxy groups -OCH3 is 1. The van der Waals surface area contributed by atoms with Gasteiger partial charge in [0.2, 0.25) is 0 Å². The van der Waals surface area contributed by atoms with E-state index >= 15 is 0 Å². The zero-order chi connectivity index (χ0) is 11.8. The maximum Gasteiger partial charge on any atom is 0.120 e. The molecule has 0 unspecified atom stereocenters. The number of rotatable bonds is 3. The summed E-state index contributed by atoms with van der Waals surface area (Å²) in [5.41, 5.74) is 1.24. The summed E-state index contributed by atoms with van der Waals surface area (Å²) in [6, 6.07) is 6.05. The molecule has 1 aromatic heterocycles. The molecule has 0 saturated heterocycles. The molecule has 0 aliphatic carbocycles. The molecule has 0 bridgehead atoms. The molecule has 3 heteroatoms. The molecule has 0 aliphatic heterocycles. The zero-order valence-corrected chi connectivity index (χ0v) is 11.0. The van der Waals surface area contributed by atoms with Gasteiger partial charge in [-0.2, -0.15) is 0 Å². The van der Waals surface area contributed by atoms with Gasteiger partial charge >= 0.3 is 0 Å². The minimum absolute atomic E-state index is 0.164. The zero-order valence-electron chi connectivity index (χ0n) is 10.2. The quantitative estimate of drug-likeness (QED) is 0.802. The first-order chi connectivity index (χ1) is 7.56. The second kappa shape index (κ2) is 4.06. The fourth-order valence-electron chi connectivity index (χ4n) is 1.47. The third-order valence-corrected chi connectivity index (χ3v) is 4.44. The molecular weight excluding hydrogens is 218 g/mol. The number of fused-ring (bicyclic) bond motifs is 1. The molecule has 0 saturated carbocycles. The van der Waals surface area contributed by atoms with Crippen LogP contribution in [0.15, 0.2) is 18.2 Å². The highest BCUT2D eigenvalue weighted by molar-refractivity contribution is 7.18. The van der Waals surface area contributed by atoms with Gasteiger partial charge in [0.05, 0.1) is 22.3 Å². The first kappa shape index (κ1) is 11.4. The van der Waals surface area contributed by atoms with Crippen LogP contribution in [-0.2, 0) is 5.41 Å². The topological polar surface area (TPSA) is 22.1 Å². The van der Waals surface area contributed by atoms with E-state index in [4.69, 9.17) is 9.72 Å². The normalized spacial score (nSPS) is 12.0. The largest absolute Gasteiger partial charge is 0.497 e. The van der Waals surface area contributed by atoms with E-state index in [1.54, 1.807) is 18.4 Å². The highest BCUT2D eigenvalue weighted by atomic mass is 32.1. The van der Waals surface area contributed by atoms with Crippen LogP contribution in [0.5, 0.6) is 5.75 Å². The number of nitrogens with zero attached hydrogens (tertiary/aromatic N) is 1. The lowest BCUT2D eigenvalue weighted by Crippen LogP contribution is -2.14. The molecular formula is C13H17NOS. The Kier molecular flexibility index (Phi) is 2.89. The van der Waals surface area contributed by atoms with Gasteiger partial charge in [-0.3, -0.25) is 0 Å². The van der Waals surface area contributed by atoms with Crippen molar-refractivity contribution in [2.75, 3.05) is 7.11 Å². The first-order valence-electron chi connectivity index (χ1n) is 5.52. The summed E-state index contributed by atoms with van der Waals surface area (Å²) in [5.74, 6) is 0.900. The van der Waals surface area contributed by atoms with Crippen LogP contribution in [0.2, 0.25) is 0 Å². The number of benzene rings is 1. The third-order valence-electron chi connectivity index (χ3n) is 3.06. The minimum Gasteiger partial charge on any atom is -0.497 e. The fourth-order valence-corrected chi connectivity index (χ4v) is 2.64. The Labute approximate surface area is 100 Å². The monoisotopic (exact) mass is 235 g/mol. The van der Waals surface area contributed by atoms with Crippen molar-refractivity contribution in [3.05, 3.63) is 23.2 Å². The van der Waals surface area contributed by atoms with E-state index in [1.807, 2.05) is 12.1 Å². The van der Waals surface area contributed by atoms with Crippen LogP contribution in [0.3, 0.4) is 0 Å². The van der Waals surface area contributed by atoms with Crippen molar-refractivity contribution >= 4 is 21.6 Å². The Morgan fingerprint density at radius 3 is 2.75 bits per heavy atom. The smallest absolute Gasteiger partial charge is 0.120 e. The lowest BCUT2D eigenvalue weighted by Gasteiger charge is -2.18. The molecule has 2 rings (SSSR count). The Bertz CT molecular complexity index is 502. The van der Waals surface area contributed by atoms with Gasteiger partial charge in [0, 0.05) is 5.41 Å². The van der Waals surface area contributed by atoms with Crippen LogP contribution in [-0.4, -0.2) is 12.1 Å². The average molecular weight is 235 g/mol. The van der Waals surface area contributed by atoms with Crippen LogP contribution in [0.1, 0.15) is 32.2 Å². The molecule has 16 heavy (non-hydrogen) atoms. The Morgan fingerprint density at radius 2 is 2.12 bits per heavy atom. The van der Waals surface area contributed by atoms with Crippen LogP contribution >= 0.6 is 11.3 Å². The summed E-state index contributed by atoms with van der Waals surface area (Å²) in [4.78, 5) is 4.69. The molecule has 0 atom stereocenters. The second-order valence-corrected chi connectivity index (χ2v) is 5.62. The molecule has 1 aromatic carbocycles. The van der Waals surface area contributed by atoms with Crippen molar-refractivity contribution in [1.82, 2.24) is 4.98 Å². The van der Waals surface area contributed by atoms with Crippen molar-refractivity contribution in [3.8, 4) is 5.75 Å². The number of thiazole rings is 1. The van der Waals surface area contributed by atoms with Crippen molar-refractivity contribution in [2.45, 2.75) is 32.6 Å². The van der Waals surface area contributed by atoms with Crippen LogP contribution < -0.4 is 4.74 Å². The van der Waals surface area contributed by atoms with E-state index in [0.29, 0.717) is 0 Å². The molecule has 2 aromatic rings. The molecule has 2 nitrogen and oxygen atoms in total. The van der Waals surface area contributed by atoms with Gasteiger partial charge in [0.1, 0.15) is 5.75 Å². The lowest BCUT2D eigenvalue weighted by molar-refractivity contribution is 0.415. The van der Waals surface area contributed by atoms with Gasteiger partial charge in [-0.15, -0.1) is 11.3 Å².